The second kappa shape index (κ2) is 22.5. The summed E-state index contributed by atoms with van der Waals surface area (Å²) in [6.07, 6.45) is 0. The van der Waals surface area contributed by atoms with Gasteiger partial charge in [0.2, 0.25) is 0 Å². The van der Waals surface area contributed by atoms with Crippen LogP contribution in [0.25, 0.3) is 0 Å². The third-order valence-electron chi connectivity index (χ3n) is 0. The summed E-state index contributed by atoms with van der Waals surface area (Å²) >= 11 is 0. The molecule has 20 valence electrons. The third-order valence-corrected chi connectivity index (χ3v) is 0. The summed E-state index contributed by atoms with van der Waals surface area (Å²) in [6, 6.07) is 0. The molecule has 0 aromatic carbocycles. The number of hydrogen-bond donors (Lipinski definition) is 0. The predicted octanol–water partition coefficient (Wildman–Crippen LogP) is -1.14. The minimum absolute atomic E-state index is 0. The molecule has 0 amide bonds. The van der Waals surface area contributed by atoms with E-state index in [1.807, 2.05) is 0 Å². The molecule has 0 bridgehead atoms. The van der Waals surface area contributed by atoms with E-state index in [0.29, 0.717) is 0 Å². The summed E-state index contributed by atoms with van der Waals surface area (Å²) in [4.78, 5) is 0. The van der Waals surface area contributed by atoms with Crippen LogP contribution in [-0.4, -0.2) is 117 Å². The van der Waals surface area contributed by atoms with E-state index in [9.17, 15) is 0 Å². The van der Waals surface area contributed by atoms with Gasteiger partial charge in [-0.05, 0) is 0 Å². The van der Waals surface area contributed by atoms with Crippen LogP contribution in [0.15, 0.2) is 0 Å². The molecule has 0 saturated heterocycles. The first-order chi connectivity index (χ1) is 0. The molecule has 0 saturated carbocycles. The summed E-state index contributed by atoms with van der Waals surface area (Å²) in [6.45, 7) is 0. The summed E-state index contributed by atoms with van der Waals surface area (Å²) in [5.74, 6) is 0. The zero-order valence-electron chi connectivity index (χ0n) is 2.88. The van der Waals surface area contributed by atoms with Gasteiger partial charge in [0.1, 0.15) is 0 Å². The third kappa shape index (κ3) is 17.8. The molecule has 0 aliphatic carbocycles. The molecule has 5 heavy (non-hydrogen) atoms. The van der Waals surface area contributed by atoms with Crippen molar-refractivity contribution in [1.29, 1.82) is 0 Å². The smallest absolute Gasteiger partial charge is 0 e. The molecule has 0 fully saturated rings. The van der Waals surface area contributed by atoms with Crippen molar-refractivity contribution in [2.24, 2.45) is 0 Å². The number of hydrogen-bond acceptors (Lipinski definition) is 0. The zero-order chi connectivity index (χ0) is 0. The molecule has 0 unspecified atom stereocenters. The van der Waals surface area contributed by atoms with Crippen LogP contribution in [0, 0.1) is 49.4 Å². The maximum Gasteiger partial charge on any atom is 0 e. The van der Waals surface area contributed by atoms with Gasteiger partial charge in [0.15, 0.2) is 0 Å². The van der Waals surface area contributed by atoms with Gasteiger partial charge in [0.05, 0.1) is 0 Å². The Balaban J connectivity index is 0. The zero-order valence-corrected chi connectivity index (χ0v) is 15.8. The van der Waals surface area contributed by atoms with E-state index >= 15 is 0 Å². The van der Waals surface area contributed by atoms with Crippen LogP contribution in [0.4, 0.5) is 0 Å². The predicted molar refractivity (Wildman–Crippen MR) is 17.3 cm³/mol. The van der Waals surface area contributed by atoms with Crippen LogP contribution in [0.2, 0.25) is 0 Å². The van der Waals surface area contributed by atoms with E-state index in [4.69, 9.17) is 0 Å². The summed E-state index contributed by atoms with van der Waals surface area (Å²) in [5.41, 5.74) is 0. The van der Waals surface area contributed by atoms with Crippen molar-refractivity contribution in [3.63, 3.8) is 0 Å². The summed E-state index contributed by atoms with van der Waals surface area (Å²) in [5, 5.41) is 0. The standard InChI is InChI=1S/Ba.Eu.Mg.Mn.Sr. The average molecular weight is 456 g/mol. The summed E-state index contributed by atoms with van der Waals surface area (Å²) in [7, 11) is 0. The Morgan fingerprint density at radius 2 is 1.00 bits per heavy atom. The number of rotatable bonds is 0. The van der Waals surface area contributed by atoms with Crippen LogP contribution < -0.4 is 0 Å². The molecule has 0 heterocycles. The van der Waals surface area contributed by atoms with E-state index in [1.165, 1.54) is 0 Å². The largest absolute Gasteiger partial charge is 0 e. The summed E-state index contributed by atoms with van der Waals surface area (Å²) < 4.78 is 0. The van der Waals surface area contributed by atoms with Crippen molar-refractivity contribution < 1.29 is 66.4 Å². The molecule has 0 N–H and O–H groups in total. The van der Waals surface area contributed by atoms with E-state index in [0.717, 1.165) is 0 Å². The molecule has 0 rings (SSSR count). The van der Waals surface area contributed by atoms with Crippen LogP contribution in [0.5, 0.6) is 0 Å². The molecule has 0 nitrogen and oxygen atoms in total. The minimum atomic E-state index is 0. The van der Waals surface area contributed by atoms with Crippen molar-refractivity contribution in [2.75, 3.05) is 0 Å². The molecular formula is BaEuMgMnSr. The fourth-order valence-corrected chi connectivity index (χ4v) is 0. The molecule has 0 aliphatic heterocycles. The van der Waals surface area contributed by atoms with Gasteiger partial charge >= 0.3 is 0 Å². The van der Waals surface area contributed by atoms with Gasteiger partial charge in [-0.25, -0.2) is 0 Å². The molecule has 0 atom stereocenters. The van der Waals surface area contributed by atoms with E-state index in [-0.39, 0.29) is 184 Å². The van der Waals surface area contributed by atoms with Crippen molar-refractivity contribution >= 4 is 117 Å². The molecular weight excluding hydrogens is 456 g/mol. The molecule has 0 aromatic rings. The van der Waals surface area contributed by atoms with E-state index in [1.54, 1.807) is 0 Å². The molecule has 0 spiro atoms. The van der Waals surface area contributed by atoms with Crippen molar-refractivity contribution in [1.82, 2.24) is 0 Å². The monoisotopic (exact) mass is 458 g/mol. The van der Waals surface area contributed by atoms with Gasteiger partial charge in [0.25, 0.3) is 0 Å². The maximum atomic E-state index is 0. The molecule has 8 radical (unpaired) electrons. The SMILES string of the molecule is [Ba].[Eu].[Mg].[Mn].[Sr]. The fraction of sp³-hybridized carbons (Fsp3) is 0. The second-order valence-electron chi connectivity index (χ2n) is 0. The molecule has 0 aromatic heterocycles. The van der Waals surface area contributed by atoms with E-state index in [2.05, 4.69) is 0 Å². The maximum absolute atomic E-state index is 0. The van der Waals surface area contributed by atoms with Crippen LogP contribution in [0.1, 0.15) is 0 Å². The quantitative estimate of drug-likeness (QED) is 0.405. The Labute approximate surface area is 177 Å². The Hall–Kier alpha value is 5.92. The minimum Gasteiger partial charge on any atom is 0 e. The van der Waals surface area contributed by atoms with Crippen LogP contribution in [0.3, 0.4) is 0 Å². The average Bonchev–Trinajstić information content (AvgIpc) is 0. The normalized spacial score (nSPS) is 0. The first-order valence-electron chi connectivity index (χ1n) is 0. The van der Waals surface area contributed by atoms with Gasteiger partial charge in [-0.15, -0.1) is 0 Å². The van der Waals surface area contributed by atoms with Gasteiger partial charge in [-0.3, -0.25) is 0 Å². The Morgan fingerprint density at radius 3 is 1.00 bits per heavy atom. The van der Waals surface area contributed by atoms with E-state index < -0.39 is 0 Å². The Morgan fingerprint density at radius 1 is 1.00 bits per heavy atom. The first kappa shape index (κ1) is 30.7. The Bertz CT molecular complexity index is 11.6. The van der Waals surface area contributed by atoms with Gasteiger partial charge in [-0.1, -0.05) is 0 Å². The van der Waals surface area contributed by atoms with Crippen molar-refractivity contribution in [2.45, 2.75) is 0 Å². The molecule has 0 aliphatic rings. The van der Waals surface area contributed by atoms with Crippen LogP contribution in [-0.2, 0) is 17.1 Å². The second-order valence-corrected chi connectivity index (χ2v) is 0. The Kier molecular flexibility index (Phi) is 138. The van der Waals surface area contributed by atoms with Gasteiger partial charge < -0.3 is 0 Å². The van der Waals surface area contributed by atoms with Crippen LogP contribution >= 0.6 is 0 Å². The topological polar surface area (TPSA) is 0 Å². The molecule has 5 heteroatoms. The fourth-order valence-electron chi connectivity index (χ4n) is 0. The van der Waals surface area contributed by atoms with Gasteiger partial charge in [-0.2, -0.15) is 0 Å². The van der Waals surface area contributed by atoms with Crippen molar-refractivity contribution in [3.8, 4) is 0 Å². The van der Waals surface area contributed by atoms with Crippen molar-refractivity contribution in [3.05, 3.63) is 0 Å². The first-order valence-corrected chi connectivity index (χ1v) is 0. The van der Waals surface area contributed by atoms with Gasteiger partial charge in [0, 0.05) is 184 Å².